The smallest absolute Gasteiger partial charge is 0.336 e. The average Bonchev–Trinajstić information content (AvgIpc) is 2.55. The Morgan fingerprint density at radius 2 is 1.78 bits per heavy atom. The fourth-order valence-corrected chi connectivity index (χ4v) is 2.09. The molecule has 0 fully saturated rings. The third-order valence-electron chi connectivity index (χ3n) is 3.41. The first kappa shape index (κ1) is 16.6. The van der Waals surface area contributed by atoms with Crippen LogP contribution in [0.4, 0.5) is 5.69 Å². The zero-order chi connectivity index (χ0) is 16.7. The van der Waals surface area contributed by atoms with Crippen LogP contribution in [0.15, 0.2) is 48.5 Å². The molecule has 0 heterocycles. The Kier molecular flexibility index (Phi) is 5.80. The largest absolute Gasteiger partial charge is 0.494 e. The lowest BCUT2D eigenvalue weighted by atomic mass is 10.0. The highest BCUT2D eigenvalue weighted by Crippen LogP contribution is 2.21. The van der Waals surface area contributed by atoms with Crippen molar-refractivity contribution >= 4 is 23.3 Å². The molecular weight excluding hydrogens is 290 g/mol. The van der Waals surface area contributed by atoms with E-state index < -0.39 is 5.97 Å². The fourth-order valence-electron chi connectivity index (χ4n) is 2.09. The summed E-state index contributed by atoms with van der Waals surface area (Å²) < 4.78 is 5.60. The monoisotopic (exact) mass is 311 g/mol. The highest BCUT2D eigenvalue weighted by molar-refractivity contribution is 6.20. The zero-order valence-electron chi connectivity index (χ0n) is 13.2. The summed E-state index contributed by atoms with van der Waals surface area (Å²) in [6, 6.07) is 14.2. The molecule has 4 nitrogen and oxygen atoms in total. The van der Waals surface area contributed by atoms with Gasteiger partial charge in [-0.15, -0.1) is 0 Å². The second-order valence-corrected chi connectivity index (χ2v) is 5.26. The number of hydrogen-bond acceptors (Lipinski definition) is 3. The second kappa shape index (κ2) is 8.03. The van der Waals surface area contributed by atoms with Crippen LogP contribution in [-0.2, 0) is 4.79 Å². The Balaban J connectivity index is 2.19. The normalized spacial score (nSPS) is 11.3. The second-order valence-electron chi connectivity index (χ2n) is 5.26. The van der Waals surface area contributed by atoms with Gasteiger partial charge in [-0.05, 0) is 47.9 Å². The highest BCUT2D eigenvalue weighted by atomic mass is 16.5. The molecule has 0 aliphatic carbocycles. The van der Waals surface area contributed by atoms with E-state index in [0.717, 1.165) is 24.2 Å². The molecule has 120 valence electrons. The molecule has 0 radical (unpaired) electrons. The molecule has 2 aromatic rings. The fraction of sp³-hybridized carbons (Fsp3) is 0.211. The van der Waals surface area contributed by atoms with Gasteiger partial charge in [0.1, 0.15) is 5.75 Å². The Hall–Kier alpha value is -2.75. The molecule has 0 atom stereocenters. The number of anilines is 1. The van der Waals surface area contributed by atoms with Crippen molar-refractivity contribution in [3.63, 3.8) is 0 Å². The Morgan fingerprint density at radius 3 is 2.35 bits per heavy atom. The van der Waals surface area contributed by atoms with Crippen LogP contribution in [-0.4, -0.2) is 17.7 Å². The Morgan fingerprint density at radius 1 is 1.13 bits per heavy atom. The van der Waals surface area contributed by atoms with Crippen LogP contribution in [0.3, 0.4) is 0 Å². The van der Waals surface area contributed by atoms with Crippen molar-refractivity contribution in [1.82, 2.24) is 0 Å². The van der Waals surface area contributed by atoms with E-state index in [2.05, 4.69) is 6.92 Å². The molecule has 0 spiro atoms. The average molecular weight is 311 g/mol. The van der Waals surface area contributed by atoms with Gasteiger partial charge in [-0.3, -0.25) is 0 Å². The van der Waals surface area contributed by atoms with E-state index in [-0.39, 0.29) is 5.57 Å². The van der Waals surface area contributed by atoms with Crippen molar-refractivity contribution in [3.8, 4) is 5.75 Å². The molecule has 23 heavy (non-hydrogen) atoms. The van der Waals surface area contributed by atoms with E-state index in [0.29, 0.717) is 17.9 Å². The standard InChI is InChI=1S/C19H21NO3/c1-2-3-12-23-17-10-4-14(5-11-17)13-18(19(21)22)15-6-8-16(20)9-7-15/h4-11,13H,2-3,12,20H2,1H3,(H,21,22)/b18-13-. The number of benzene rings is 2. The SMILES string of the molecule is CCCCOc1ccc(/C=C(\C(=O)O)c2ccc(N)cc2)cc1. The summed E-state index contributed by atoms with van der Waals surface area (Å²) in [4.78, 5) is 11.5. The van der Waals surface area contributed by atoms with Crippen LogP contribution in [0.1, 0.15) is 30.9 Å². The van der Waals surface area contributed by atoms with Crippen molar-refractivity contribution in [3.05, 3.63) is 59.7 Å². The molecule has 0 saturated carbocycles. The van der Waals surface area contributed by atoms with Crippen molar-refractivity contribution < 1.29 is 14.6 Å². The molecule has 0 unspecified atom stereocenters. The van der Waals surface area contributed by atoms with Crippen molar-refractivity contribution in [2.45, 2.75) is 19.8 Å². The maximum atomic E-state index is 11.5. The van der Waals surface area contributed by atoms with Gasteiger partial charge in [0.2, 0.25) is 0 Å². The lowest BCUT2D eigenvalue weighted by Gasteiger charge is -2.06. The van der Waals surface area contributed by atoms with Crippen molar-refractivity contribution in [2.24, 2.45) is 0 Å². The topological polar surface area (TPSA) is 72.5 Å². The first-order valence-electron chi connectivity index (χ1n) is 7.64. The summed E-state index contributed by atoms with van der Waals surface area (Å²) in [5.74, 6) is -0.182. The summed E-state index contributed by atoms with van der Waals surface area (Å²) in [6.45, 7) is 2.80. The van der Waals surface area contributed by atoms with E-state index >= 15 is 0 Å². The predicted octanol–water partition coefficient (Wildman–Crippen LogP) is 4.07. The van der Waals surface area contributed by atoms with E-state index in [1.807, 2.05) is 24.3 Å². The molecule has 0 bridgehead atoms. The zero-order valence-corrected chi connectivity index (χ0v) is 13.2. The number of unbranched alkanes of at least 4 members (excludes halogenated alkanes) is 1. The molecular formula is C19H21NO3. The summed E-state index contributed by atoms with van der Waals surface area (Å²) in [5, 5.41) is 9.43. The summed E-state index contributed by atoms with van der Waals surface area (Å²) in [7, 11) is 0. The molecule has 0 aromatic heterocycles. The maximum Gasteiger partial charge on any atom is 0.336 e. The minimum Gasteiger partial charge on any atom is -0.494 e. The van der Waals surface area contributed by atoms with E-state index in [1.54, 1.807) is 30.3 Å². The van der Waals surface area contributed by atoms with Crippen LogP contribution in [0.5, 0.6) is 5.75 Å². The first-order valence-corrected chi connectivity index (χ1v) is 7.64. The lowest BCUT2D eigenvalue weighted by Crippen LogP contribution is -2.00. The van der Waals surface area contributed by atoms with E-state index in [4.69, 9.17) is 10.5 Å². The lowest BCUT2D eigenvalue weighted by molar-refractivity contribution is -0.130. The van der Waals surface area contributed by atoms with Crippen LogP contribution < -0.4 is 10.5 Å². The number of nitrogen functional groups attached to an aromatic ring is 1. The highest BCUT2D eigenvalue weighted by Gasteiger charge is 2.10. The van der Waals surface area contributed by atoms with Crippen LogP contribution in [0.25, 0.3) is 11.6 Å². The molecule has 0 amide bonds. The van der Waals surface area contributed by atoms with Crippen molar-refractivity contribution in [2.75, 3.05) is 12.3 Å². The first-order chi connectivity index (χ1) is 11.1. The quantitative estimate of drug-likeness (QED) is 0.350. The maximum absolute atomic E-state index is 11.5. The van der Waals surface area contributed by atoms with Gasteiger partial charge in [-0.2, -0.15) is 0 Å². The number of rotatable bonds is 7. The van der Waals surface area contributed by atoms with Gasteiger partial charge in [0.25, 0.3) is 0 Å². The minimum atomic E-state index is -0.974. The van der Waals surface area contributed by atoms with Crippen LogP contribution in [0.2, 0.25) is 0 Å². The van der Waals surface area contributed by atoms with Gasteiger partial charge >= 0.3 is 5.97 Å². The number of aliphatic carboxylic acids is 1. The number of nitrogens with two attached hydrogens (primary N) is 1. The molecule has 3 N–H and O–H groups in total. The van der Waals surface area contributed by atoms with Gasteiger partial charge in [0.05, 0.1) is 12.2 Å². The molecule has 2 aromatic carbocycles. The number of carboxylic acids is 1. The van der Waals surface area contributed by atoms with Crippen molar-refractivity contribution in [1.29, 1.82) is 0 Å². The molecule has 4 heteroatoms. The molecule has 0 saturated heterocycles. The van der Waals surface area contributed by atoms with E-state index in [9.17, 15) is 9.90 Å². The van der Waals surface area contributed by atoms with Crippen LogP contribution in [0, 0.1) is 0 Å². The minimum absolute atomic E-state index is 0.227. The predicted molar refractivity (Wildman–Crippen MR) is 93.2 cm³/mol. The summed E-state index contributed by atoms with van der Waals surface area (Å²) in [6.07, 6.45) is 3.75. The van der Waals surface area contributed by atoms with Gasteiger partial charge in [0, 0.05) is 5.69 Å². The number of carboxylic acid groups (broad SMARTS) is 1. The number of ether oxygens (including phenoxy) is 1. The van der Waals surface area contributed by atoms with E-state index in [1.165, 1.54) is 0 Å². The van der Waals surface area contributed by atoms with Gasteiger partial charge in [0.15, 0.2) is 0 Å². The summed E-state index contributed by atoms with van der Waals surface area (Å²) >= 11 is 0. The van der Waals surface area contributed by atoms with Gasteiger partial charge in [-0.1, -0.05) is 37.6 Å². The Bertz CT molecular complexity index is 673. The van der Waals surface area contributed by atoms with Gasteiger partial charge < -0.3 is 15.6 Å². The van der Waals surface area contributed by atoms with Crippen LogP contribution >= 0.6 is 0 Å². The molecule has 2 rings (SSSR count). The molecule has 0 aliphatic rings. The third kappa shape index (κ3) is 4.88. The number of hydrogen-bond donors (Lipinski definition) is 2. The molecule has 0 aliphatic heterocycles. The third-order valence-corrected chi connectivity index (χ3v) is 3.41. The summed E-state index contributed by atoms with van der Waals surface area (Å²) in [5.41, 5.74) is 7.90. The Labute approximate surface area is 136 Å². The van der Waals surface area contributed by atoms with Gasteiger partial charge in [-0.25, -0.2) is 4.79 Å². The number of carbonyl (C=O) groups is 1.